The SMILES string of the molecule is [2H]C([2H])([2H])c1ccnc(-n2c3[c-]c(Oc4[c-]c([N+]5=C=[N+](C([2H])([2H])[2H])c6ccccc65)ccc4)ccc3c3ccncc32)c1.[Pt+2]. The van der Waals surface area contributed by atoms with Crippen molar-refractivity contribution < 1.29 is 38.6 Å². The van der Waals surface area contributed by atoms with E-state index in [1.54, 1.807) is 59.4 Å². The summed E-state index contributed by atoms with van der Waals surface area (Å²) in [5, 5.41) is 1.77. The molecule has 7 rings (SSSR count). The second kappa shape index (κ2) is 9.50. The maximum atomic E-state index is 7.92. The van der Waals surface area contributed by atoms with Crippen molar-refractivity contribution in [2.75, 3.05) is 6.98 Å². The van der Waals surface area contributed by atoms with E-state index in [9.17, 15) is 0 Å². The number of rotatable bonds is 4. The fraction of sp³-hybridized carbons (Fsp3) is 0.0645. The van der Waals surface area contributed by atoms with E-state index in [1.165, 1.54) is 12.3 Å². The number of pyridine rings is 2. The Morgan fingerprint density at radius 3 is 2.71 bits per heavy atom. The number of fused-ring (bicyclic) bond motifs is 4. The Kier molecular flexibility index (Phi) is 4.49. The molecule has 0 fully saturated rings. The Morgan fingerprint density at radius 2 is 1.82 bits per heavy atom. The van der Waals surface area contributed by atoms with Gasteiger partial charge < -0.3 is 9.30 Å². The first-order chi connectivity index (χ1) is 20.6. The number of benzene rings is 3. The topological polar surface area (TPSA) is 46.0 Å². The second-order valence-electron chi connectivity index (χ2n) is 8.48. The minimum atomic E-state index is -2.41. The summed E-state index contributed by atoms with van der Waals surface area (Å²) in [6, 6.07) is 30.6. The Hall–Kier alpha value is -4.37. The van der Waals surface area contributed by atoms with E-state index in [-0.39, 0.29) is 26.6 Å². The Labute approximate surface area is 242 Å². The summed E-state index contributed by atoms with van der Waals surface area (Å²) >= 11 is 0. The van der Waals surface area contributed by atoms with Crippen LogP contribution in [-0.4, -0.2) is 32.1 Å². The van der Waals surface area contributed by atoms with Gasteiger partial charge >= 0.3 is 27.1 Å². The van der Waals surface area contributed by atoms with Crippen molar-refractivity contribution in [3.05, 3.63) is 109 Å². The first-order valence-electron chi connectivity index (χ1n) is 14.5. The second-order valence-corrected chi connectivity index (χ2v) is 8.48. The van der Waals surface area contributed by atoms with Crippen molar-refractivity contribution in [1.82, 2.24) is 19.1 Å². The standard InChI is InChI=1S/C31H21N5O.Pt/c1-21-12-15-33-31(16-21)36-29-18-24(10-11-25(29)26-13-14-32-19-30(26)36)37-23-7-5-6-22(17-23)35-20-34(2)27-8-3-4-9-28(27)35;/h3-16,19H,1-2H3;/q;+2/i1D3,2D3;. The number of nitrogens with zero attached hydrogens (tertiary/aromatic N) is 5. The van der Waals surface area contributed by atoms with E-state index in [0.717, 1.165) is 20.9 Å². The number of hydrogen-bond acceptors (Lipinski definition) is 3. The molecule has 3 aromatic heterocycles. The summed E-state index contributed by atoms with van der Waals surface area (Å²) in [5.41, 5.74) is 3.26. The van der Waals surface area contributed by atoms with E-state index in [0.29, 0.717) is 39.9 Å². The molecule has 0 radical (unpaired) electrons. The minimum Gasteiger partial charge on any atom is -0.509 e. The third kappa shape index (κ3) is 3.95. The van der Waals surface area contributed by atoms with Crippen LogP contribution >= 0.6 is 0 Å². The van der Waals surface area contributed by atoms with Crippen LogP contribution in [0.5, 0.6) is 11.5 Å². The summed E-state index contributed by atoms with van der Waals surface area (Å²) in [6.07, 6.45) is 4.87. The molecule has 3 aromatic carbocycles. The van der Waals surface area contributed by atoms with Gasteiger partial charge in [-0.05, 0) is 36.0 Å². The molecule has 0 atom stereocenters. The Morgan fingerprint density at radius 1 is 0.921 bits per heavy atom. The van der Waals surface area contributed by atoms with Crippen LogP contribution in [0.4, 0.5) is 17.1 Å². The van der Waals surface area contributed by atoms with Gasteiger partial charge in [-0.15, -0.1) is 23.6 Å². The van der Waals surface area contributed by atoms with E-state index in [4.69, 9.17) is 13.0 Å². The number of aryl methyl sites for hydroxylation is 1. The summed E-state index contributed by atoms with van der Waals surface area (Å²) in [5.74, 6) is 1.19. The van der Waals surface area contributed by atoms with Crippen LogP contribution in [0.15, 0.2) is 91.4 Å². The average molecular weight is 681 g/mol. The molecule has 6 nitrogen and oxygen atoms in total. The van der Waals surface area contributed by atoms with Crippen molar-refractivity contribution in [3.63, 3.8) is 0 Å². The zero-order valence-electron chi connectivity index (χ0n) is 25.6. The number of para-hydroxylation sites is 2. The van der Waals surface area contributed by atoms with Crippen LogP contribution in [0.2, 0.25) is 0 Å². The molecule has 0 saturated heterocycles. The van der Waals surface area contributed by atoms with Crippen LogP contribution in [0.1, 0.15) is 13.8 Å². The summed E-state index contributed by atoms with van der Waals surface area (Å²) < 4.78 is 58.1. The van der Waals surface area contributed by atoms with Gasteiger partial charge in [0.05, 0.1) is 11.7 Å². The monoisotopic (exact) mass is 680 g/mol. The quantitative estimate of drug-likeness (QED) is 0.157. The van der Waals surface area contributed by atoms with Crippen LogP contribution in [0.25, 0.3) is 27.6 Å². The van der Waals surface area contributed by atoms with Gasteiger partial charge in [0.2, 0.25) is 0 Å². The first-order valence-corrected chi connectivity index (χ1v) is 11.5. The van der Waals surface area contributed by atoms with E-state index < -0.39 is 13.8 Å². The molecule has 1 aliphatic rings. The third-order valence-electron chi connectivity index (χ3n) is 6.20. The first kappa shape index (κ1) is 18.0. The van der Waals surface area contributed by atoms with Gasteiger partial charge in [0.15, 0.2) is 6.98 Å². The van der Waals surface area contributed by atoms with Gasteiger partial charge in [-0.2, -0.15) is 12.1 Å². The van der Waals surface area contributed by atoms with Gasteiger partial charge in [0.25, 0.3) is 11.4 Å². The normalized spacial score (nSPS) is 15.2. The van der Waals surface area contributed by atoms with Crippen molar-refractivity contribution >= 4 is 44.9 Å². The molecule has 1 aliphatic heterocycles. The average Bonchev–Trinajstić information content (AvgIpc) is 3.53. The molecule has 0 unspecified atom stereocenters. The molecule has 0 bridgehead atoms. The van der Waals surface area contributed by atoms with Gasteiger partial charge in [0.1, 0.15) is 15.6 Å². The number of aromatic nitrogens is 3. The van der Waals surface area contributed by atoms with Crippen LogP contribution in [-0.2, 0) is 21.1 Å². The Balaban J connectivity index is 0.00000343. The molecule has 0 aliphatic carbocycles. The van der Waals surface area contributed by atoms with Gasteiger partial charge in [-0.3, -0.25) is 4.98 Å². The van der Waals surface area contributed by atoms with Crippen LogP contribution < -0.4 is 9.31 Å². The molecule has 6 aromatic rings. The van der Waals surface area contributed by atoms with Crippen molar-refractivity contribution in [3.8, 4) is 17.3 Å². The maximum absolute atomic E-state index is 7.92. The zero-order valence-corrected chi connectivity index (χ0v) is 21.9. The predicted octanol–water partition coefficient (Wildman–Crippen LogP) is 6.57. The molecule has 0 spiro atoms. The minimum absolute atomic E-state index is 0. The molecular formula is C31H21N5OPt+2. The summed E-state index contributed by atoms with van der Waals surface area (Å²) in [7, 11) is 0. The molecule has 184 valence electrons. The largest absolute Gasteiger partial charge is 2.00 e. The summed E-state index contributed by atoms with van der Waals surface area (Å²) in [6.45, 7) is -4.70. The summed E-state index contributed by atoms with van der Waals surface area (Å²) in [4.78, 5) is 8.75. The van der Waals surface area contributed by atoms with E-state index >= 15 is 0 Å². The number of ether oxygens (including phenoxy) is 1. The molecule has 0 amide bonds. The molecule has 4 heterocycles. The smallest absolute Gasteiger partial charge is 0.509 e. The molecule has 38 heavy (non-hydrogen) atoms. The molecule has 0 saturated carbocycles. The molecule has 7 heteroatoms. The van der Waals surface area contributed by atoms with Crippen molar-refractivity contribution in [2.24, 2.45) is 0 Å². The van der Waals surface area contributed by atoms with Crippen LogP contribution in [0, 0.1) is 19.0 Å². The molecule has 0 N–H and O–H groups in total. The van der Waals surface area contributed by atoms with Crippen molar-refractivity contribution in [1.29, 1.82) is 0 Å². The fourth-order valence-electron chi connectivity index (χ4n) is 4.59. The van der Waals surface area contributed by atoms with E-state index in [2.05, 4.69) is 28.1 Å². The van der Waals surface area contributed by atoms with Crippen molar-refractivity contribution in [2.45, 2.75) is 6.85 Å². The van der Waals surface area contributed by atoms with Crippen LogP contribution in [0.3, 0.4) is 0 Å². The maximum Gasteiger partial charge on any atom is 2.00 e. The number of hydrogen-bond donors (Lipinski definition) is 0. The fourth-order valence-corrected chi connectivity index (χ4v) is 4.59. The van der Waals surface area contributed by atoms with Gasteiger partial charge in [0, 0.05) is 40.1 Å². The third-order valence-corrected chi connectivity index (χ3v) is 6.20. The Bertz CT molecular complexity index is 2150. The van der Waals surface area contributed by atoms with E-state index in [1.807, 2.05) is 28.8 Å². The van der Waals surface area contributed by atoms with Gasteiger partial charge in [-0.25, -0.2) is 4.98 Å². The predicted molar refractivity (Wildman–Crippen MR) is 144 cm³/mol. The zero-order chi connectivity index (χ0) is 29.9. The molecular weight excluding hydrogens is 653 g/mol. The van der Waals surface area contributed by atoms with Gasteiger partial charge in [-0.1, -0.05) is 38.9 Å².